The predicted octanol–water partition coefficient (Wildman–Crippen LogP) is 2.77. The van der Waals surface area contributed by atoms with Crippen LogP contribution in [0.4, 0.5) is 0 Å². The lowest BCUT2D eigenvalue weighted by Crippen LogP contribution is -2.39. The normalized spacial score (nSPS) is 18.9. The fraction of sp³-hybridized carbons (Fsp3) is 0.682. The van der Waals surface area contributed by atoms with E-state index in [0.717, 1.165) is 31.6 Å². The Labute approximate surface area is 169 Å². The van der Waals surface area contributed by atoms with Gasteiger partial charge in [-0.05, 0) is 36.3 Å². The van der Waals surface area contributed by atoms with Crippen molar-refractivity contribution in [3.63, 3.8) is 0 Å². The number of rotatable bonds is 9. The zero-order chi connectivity index (χ0) is 20.4. The van der Waals surface area contributed by atoms with Crippen molar-refractivity contribution in [2.45, 2.75) is 58.2 Å². The van der Waals surface area contributed by atoms with Gasteiger partial charge >= 0.3 is 0 Å². The smallest absolute Gasteiger partial charge is 0.191 e. The van der Waals surface area contributed by atoms with Gasteiger partial charge < -0.3 is 25.2 Å². The Hall–Kier alpha value is -1.63. The molecule has 1 saturated heterocycles. The van der Waals surface area contributed by atoms with Crippen LogP contribution in [-0.4, -0.2) is 56.6 Å². The molecule has 28 heavy (non-hydrogen) atoms. The SMILES string of the molecule is CCNC(=NCC(O)c1ccc(C(C)(C)C)cc1)NCCOCC1CCCO1. The van der Waals surface area contributed by atoms with Gasteiger partial charge in [0.1, 0.15) is 0 Å². The molecule has 158 valence electrons. The molecule has 1 aliphatic rings. The summed E-state index contributed by atoms with van der Waals surface area (Å²) in [6, 6.07) is 8.13. The van der Waals surface area contributed by atoms with E-state index in [1.807, 2.05) is 19.1 Å². The Morgan fingerprint density at radius 1 is 1.29 bits per heavy atom. The molecule has 1 aromatic rings. The molecule has 0 radical (unpaired) electrons. The van der Waals surface area contributed by atoms with Crippen molar-refractivity contribution in [3.05, 3.63) is 35.4 Å². The minimum atomic E-state index is -0.625. The molecular formula is C22H37N3O3. The van der Waals surface area contributed by atoms with Gasteiger partial charge in [-0.25, -0.2) is 0 Å². The Bertz CT molecular complexity index is 590. The molecule has 0 amide bonds. The van der Waals surface area contributed by atoms with Crippen molar-refractivity contribution >= 4 is 5.96 Å². The zero-order valence-electron chi connectivity index (χ0n) is 17.8. The molecule has 0 bridgehead atoms. The standard InChI is InChI=1S/C22H37N3O3/c1-5-23-21(24-12-14-27-16-19-7-6-13-28-19)25-15-20(26)17-8-10-18(11-9-17)22(2,3)4/h8-11,19-20,26H,5-7,12-16H2,1-4H3,(H2,23,24,25). The molecule has 1 aromatic carbocycles. The van der Waals surface area contributed by atoms with Crippen molar-refractivity contribution < 1.29 is 14.6 Å². The molecule has 6 nitrogen and oxygen atoms in total. The summed E-state index contributed by atoms with van der Waals surface area (Å²) in [5.74, 6) is 0.688. The Morgan fingerprint density at radius 3 is 2.64 bits per heavy atom. The quantitative estimate of drug-likeness (QED) is 0.343. The highest BCUT2D eigenvalue weighted by Crippen LogP contribution is 2.24. The average molecular weight is 392 g/mol. The van der Waals surface area contributed by atoms with Crippen molar-refractivity contribution in [1.29, 1.82) is 0 Å². The van der Waals surface area contributed by atoms with E-state index < -0.39 is 6.10 Å². The summed E-state index contributed by atoms with van der Waals surface area (Å²) in [5, 5.41) is 16.9. The lowest BCUT2D eigenvalue weighted by molar-refractivity contribution is 0.0191. The highest BCUT2D eigenvalue weighted by atomic mass is 16.5. The minimum absolute atomic E-state index is 0.107. The van der Waals surface area contributed by atoms with Crippen LogP contribution in [-0.2, 0) is 14.9 Å². The van der Waals surface area contributed by atoms with E-state index in [-0.39, 0.29) is 11.5 Å². The molecule has 1 fully saturated rings. The van der Waals surface area contributed by atoms with Gasteiger partial charge in [0.25, 0.3) is 0 Å². The molecular weight excluding hydrogens is 354 g/mol. The molecule has 2 atom stereocenters. The Balaban J connectivity index is 1.76. The minimum Gasteiger partial charge on any atom is -0.386 e. The molecule has 3 N–H and O–H groups in total. The Morgan fingerprint density at radius 2 is 2.04 bits per heavy atom. The van der Waals surface area contributed by atoms with Crippen LogP contribution in [0, 0.1) is 0 Å². The van der Waals surface area contributed by atoms with Crippen molar-refractivity contribution in [1.82, 2.24) is 10.6 Å². The van der Waals surface area contributed by atoms with Crippen LogP contribution < -0.4 is 10.6 Å². The van der Waals surface area contributed by atoms with Gasteiger partial charge in [-0.2, -0.15) is 0 Å². The summed E-state index contributed by atoms with van der Waals surface area (Å²) >= 11 is 0. The number of guanidine groups is 1. The number of benzene rings is 1. The van der Waals surface area contributed by atoms with Crippen LogP contribution in [0.1, 0.15) is 57.8 Å². The first kappa shape index (κ1) is 22.7. The fourth-order valence-electron chi connectivity index (χ4n) is 3.06. The predicted molar refractivity (Wildman–Crippen MR) is 114 cm³/mol. The van der Waals surface area contributed by atoms with E-state index in [2.05, 4.69) is 48.5 Å². The molecule has 2 unspecified atom stereocenters. The maximum absolute atomic E-state index is 10.5. The van der Waals surface area contributed by atoms with E-state index in [1.165, 1.54) is 5.56 Å². The summed E-state index contributed by atoms with van der Waals surface area (Å²) in [5.41, 5.74) is 2.24. The largest absolute Gasteiger partial charge is 0.386 e. The number of hydrogen-bond acceptors (Lipinski definition) is 4. The first-order valence-electron chi connectivity index (χ1n) is 10.4. The highest BCUT2D eigenvalue weighted by Gasteiger charge is 2.16. The Kier molecular flexibility index (Phi) is 9.22. The van der Waals surface area contributed by atoms with Crippen LogP contribution in [0.5, 0.6) is 0 Å². The second-order valence-corrected chi connectivity index (χ2v) is 8.24. The van der Waals surface area contributed by atoms with Gasteiger partial charge in [-0.1, -0.05) is 45.0 Å². The van der Waals surface area contributed by atoms with Crippen LogP contribution in [0.2, 0.25) is 0 Å². The van der Waals surface area contributed by atoms with E-state index in [1.54, 1.807) is 0 Å². The summed E-state index contributed by atoms with van der Waals surface area (Å²) in [4.78, 5) is 4.50. The van der Waals surface area contributed by atoms with Gasteiger partial charge in [-0.3, -0.25) is 4.99 Å². The first-order valence-corrected chi connectivity index (χ1v) is 10.4. The third kappa shape index (κ3) is 7.78. The average Bonchev–Trinajstić information content (AvgIpc) is 3.18. The summed E-state index contributed by atoms with van der Waals surface area (Å²) < 4.78 is 11.2. The first-order chi connectivity index (χ1) is 13.4. The van der Waals surface area contributed by atoms with E-state index in [9.17, 15) is 5.11 Å². The molecule has 0 saturated carbocycles. The molecule has 2 rings (SSSR count). The topological polar surface area (TPSA) is 75.1 Å². The number of hydrogen-bond donors (Lipinski definition) is 3. The number of nitrogens with zero attached hydrogens (tertiary/aromatic N) is 1. The number of aliphatic hydroxyl groups is 1. The summed E-state index contributed by atoms with van der Waals surface area (Å²) in [7, 11) is 0. The summed E-state index contributed by atoms with van der Waals surface area (Å²) in [6.07, 6.45) is 1.85. The van der Waals surface area contributed by atoms with Crippen LogP contribution in [0.25, 0.3) is 0 Å². The van der Waals surface area contributed by atoms with Crippen molar-refractivity contribution in [3.8, 4) is 0 Å². The van der Waals surface area contributed by atoms with Gasteiger partial charge in [0.15, 0.2) is 5.96 Å². The lowest BCUT2D eigenvalue weighted by atomic mass is 9.86. The molecule has 0 aliphatic carbocycles. The van der Waals surface area contributed by atoms with Crippen molar-refractivity contribution in [2.75, 3.05) is 39.5 Å². The molecule has 6 heteroatoms. The van der Waals surface area contributed by atoms with Gasteiger partial charge in [0.05, 0.1) is 32.0 Å². The second-order valence-electron chi connectivity index (χ2n) is 8.24. The van der Waals surface area contributed by atoms with Gasteiger partial charge in [0, 0.05) is 19.7 Å². The molecule has 1 aliphatic heterocycles. The van der Waals surface area contributed by atoms with Crippen LogP contribution in [0.3, 0.4) is 0 Å². The molecule has 0 aromatic heterocycles. The third-order valence-electron chi connectivity index (χ3n) is 4.79. The van der Waals surface area contributed by atoms with E-state index in [4.69, 9.17) is 9.47 Å². The van der Waals surface area contributed by atoms with Crippen LogP contribution >= 0.6 is 0 Å². The van der Waals surface area contributed by atoms with Gasteiger partial charge in [0.2, 0.25) is 0 Å². The van der Waals surface area contributed by atoms with E-state index >= 15 is 0 Å². The lowest BCUT2D eigenvalue weighted by Gasteiger charge is -2.20. The monoisotopic (exact) mass is 391 g/mol. The zero-order valence-corrected chi connectivity index (χ0v) is 17.8. The van der Waals surface area contributed by atoms with E-state index in [0.29, 0.717) is 32.3 Å². The fourth-order valence-corrected chi connectivity index (χ4v) is 3.06. The maximum Gasteiger partial charge on any atom is 0.191 e. The maximum atomic E-state index is 10.5. The molecule has 0 spiro atoms. The second kappa shape index (κ2) is 11.4. The summed E-state index contributed by atoms with van der Waals surface area (Å²) in [6.45, 7) is 12.4. The van der Waals surface area contributed by atoms with Crippen molar-refractivity contribution in [2.24, 2.45) is 4.99 Å². The number of aliphatic hydroxyl groups excluding tert-OH is 1. The van der Waals surface area contributed by atoms with Gasteiger partial charge in [-0.15, -0.1) is 0 Å². The van der Waals surface area contributed by atoms with Crippen LogP contribution in [0.15, 0.2) is 29.3 Å². The number of aliphatic imine (C=N–C) groups is 1. The molecule has 1 heterocycles. The third-order valence-corrected chi connectivity index (χ3v) is 4.79. The number of nitrogens with one attached hydrogen (secondary N) is 2. The highest BCUT2D eigenvalue weighted by molar-refractivity contribution is 5.79. The number of ether oxygens (including phenoxy) is 2.